The predicted molar refractivity (Wildman–Crippen MR) is 75.0 cm³/mol. The van der Waals surface area contributed by atoms with Gasteiger partial charge in [-0.15, -0.1) is 0 Å². The number of aromatic nitrogens is 1. The molecule has 0 spiro atoms. The van der Waals surface area contributed by atoms with Gasteiger partial charge < -0.3 is 10.1 Å². The first-order valence-electron chi connectivity index (χ1n) is 7.20. The van der Waals surface area contributed by atoms with Crippen LogP contribution >= 0.6 is 0 Å². The minimum Gasteiger partial charge on any atom is -0.377 e. The van der Waals surface area contributed by atoms with Gasteiger partial charge in [-0.3, -0.25) is 14.7 Å². The molecular weight excluding hydrogens is 254 g/mol. The smallest absolute Gasteiger partial charge is 0.229 e. The van der Waals surface area contributed by atoms with Crippen LogP contribution in [0.25, 0.3) is 0 Å². The molecular formula is C15H21N3O2. The fraction of sp³-hybridized carbons (Fsp3) is 0.600. The Balaban J connectivity index is 1.75. The molecule has 0 saturated carbocycles. The number of likely N-dealkylation sites (tertiary alicyclic amines) is 1. The maximum atomic E-state index is 12.3. The average molecular weight is 275 g/mol. The molecule has 3 rings (SSSR count). The van der Waals surface area contributed by atoms with Crippen molar-refractivity contribution in [2.45, 2.75) is 25.5 Å². The summed E-state index contributed by atoms with van der Waals surface area (Å²) in [6, 6.07) is 4.06. The zero-order valence-corrected chi connectivity index (χ0v) is 11.8. The first-order chi connectivity index (χ1) is 9.74. The van der Waals surface area contributed by atoms with Crippen molar-refractivity contribution in [2.24, 2.45) is 5.41 Å². The molecule has 0 radical (unpaired) electrons. The standard InChI is InChI=1S/C15H21N3O2/c1-16-14(19)15-5-9-20-13(15)4-8-18(11-15)10-12-2-6-17-7-3-12/h2-3,6-7,13H,4-5,8-11H2,1H3,(H,16,19)/t13-,15-/m1/s1. The predicted octanol–water partition coefficient (Wildman–Crippen LogP) is 0.809. The molecule has 2 fully saturated rings. The molecule has 0 bridgehead atoms. The number of ether oxygens (including phenoxy) is 1. The van der Waals surface area contributed by atoms with E-state index in [1.165, 1.54) is 5.56 Å². The number of rotatable bonds is 3. The molecule has 108 valence electrons. The van der Waals surface area contributed by atoms with E-state index < -0.39 is 0 Å². The van der Waals surface area contributed by atoms with E-state index in [4.69, 9.17) is 4.74 Å². The van der Waals surface area contributed by atoms with Crippen LogP contribution in [-0.4, -0.2) is 48.6 Å². The molecule has 1 N–H and O–H groups in total. The molecule has 20 heavy (non-hydrogen) atoms. The Bertz CT molecular complexity index is 479. The van der Waals surface area contributed by atoms with E-state index in [9.17, 15) is 4.79 Å². The number of fused-ring (bicyclic) bond motifs is 1. The van der Waals surface area contributed by atoms with Crippen LogP contribution in [-0.2, 0) is 16.1 Å². The molecule has 0 aromatic carbocycles. The first-order valence-corrected chi connectivity index (χ1v) is 7.20. The number of amides is 1. The zero-order chi connectivity index (χ0) is 14.0. The van der Waals surface area contributed by atoms with Crippen LogP contribution < -0.4 is 5.32 Å². The highest BCUT2D eigenvalue weighted by Crippen LogP contribution is 2.41. The summed E-state index contributed by atoms with van der Waals surface area (Å²) in [5.74, 6) is 0.124. The number of piperidine rings is 1. The van der Waals surface area contributed by atoms with Crippen molar-refractivity contribution in [2.75, 3.05) is 26.7 Å². The molecule has 3 heterocycles. The van der Waals surface area contributed by atoms with Crippen LogP contribution in [0.1, 0.15) is 18.4 Å². The Morgan fingerprint density at radius 1 is 1.55 bits per heavy atom. The van der Waals surface area contributed by atoms with Gasteiger partial charge in [-0.25, -0.2) is 0 Å². The second-order valence-corrected chi connectivity index (χ2v) is 5.70. The van der Waals surface area contributed by atoms with Gasteiger partial charge in [-0.05, 0) is 30.5 Å². The summed E-state index contributed by atoms with van der Waals surface area (Å²) >= 11 is 0. The second-order valence-electron chi connectivity index (χ2n) is 5.70. The SMILES string of the molecule is CNC(=O)[C@@]12CCO[C@@H]1CCN(Cc1ccncc1)C2. The van der Waals surface area contributed by atoms with Crippen molar-refractivity contribution in [1.29, 1.82) is 0 Å². The van der Waals surface area contributed by atoms with E-state index in [-0.39, 0.29) is 17.4 Å². The Labute approximate surface area is 119 Å². The highest BCUT2D eigenvalue weighted by atomic mass is 16.5. The van der Waals surface area contributed by atoms with Crippen molar-refractivity contribution in [1.82, 2.24) is 15.2 Å². The van der Waals surface area contributed by atoms with Gasteiger partial charge in [-0.2, -0.15) is 0 Å². The molecule has 2 saturated heterocycles. The molecule has 5 nitrogen and oxygen atoms in total. The molecule has 0 aliphatic carbocycles. The maximum Gasteiger partial charge on any atom is 0.229 e. The lowest BCUT2D eigenvalue weighted by atomic mass is 9.75. The Morgan fingerprint density at radius 2 is 2.35 bits per heavy atom. The van der Waals surface area contributed by atoms with Crippen molar-refractivity contribution < 1.29 is 9.53 Å². The molecule has 5 heteroatoms. The van der Waals surface area contributed by atoms with E-state index in [2.05, 4.69) is 15.2 Å². The molecule has 2 atom stereocenters. The van der Waals surface area contributed by atoms with Gasteiger partial charge in [0.25, 0.3) is 0 Å². The number of carbonyl (C=O) groups is 1. The van der Waals surface area contributed by atoms with E-state index in [1.54, 1.807) is 7.05 Å². The number of hydrogen-bond acceptors (Lipinski definition) is 4. The number of pyridine rings is 1. The molecule has 1 aromatic rings. The topological polar surface area (TPSA) is 54.5 Å². The monoisotopic (exact) mass is 275 g/mol. The quantitative estimate of drug-likeness (QED) is 0.887. The summed E-state index contributed by atoms with van der Waals surface area (Å²) in [5, 5.41) is 2.83. The van der Waals surface area contributed by atoms with Gasteiger partial charge in [0.2, 0.25) is 5.91 Å². The van der Waals surface area contributed by atoms with Crippen LogP contribution in [0.3, 0.4) is 0 Å². The summed E-state index contributed by atoms with van der Waals surface area (Å²) in [7, 11) is 1.72. The van der Waals surface area contributed by atoms with Crippen LogP contribution in [0.15, 0.2) is 24.5 Å². The minimum absolute atomic E-state index is 0.0798. The maximum absolute atomic E-state index is 12.3. The molecule has 1 amide bonds. The van der Waals surface area contributed by atoms with Gasteiger partial charge in [0.15, 0.2) is 0 Å². The third kappa shape index (κ3) is 2.31. The Morgan fingerprint density at radius 3 is 3.10 bits per heavy atom. The van der Waals surface area contributed by atoms with E-state index in [1.807, 2.05) is 24.5 Å². The summed E-state index contributed by atoms with van der Waals surface area (Å²) in [5.41, 5.74) is 0.879. The number of nitrogens with zero attached hydrogens (tertiary/aromatic N) is 2. The van der Waals surface area contributed by atoms with Crippen molar-refractivity contribution in [3.8, 4) is 0 Å². The number of nitrogens with one attached hydrogen (secondary N) is 1. The highest BCUT2D eigenvalue weighted by Gasteiger charge is 2.52. The third-order valence-corrected chi connectivity index (χ3v) is 4.53. The van der Waals surface area contributed by atoms with Crippen LogP contribution in [0, 0.1) is 5.41 Å². The van der Waals surface area contributed by atoms with Crippen LogP contribution in [0.5, 0.6) is 0 Å². The average Bonchev–Trinajstić information content (AvgIpc) is 2.91. The van der Waals surface area contributed by atoms with Gasteiger partial charge in [-0.1, -0.05) is 0 Å². The second kappa shape index (κ2) is 5.50. The summed E-state index contributed by atoms with van der Waals surface area (Å²) < 4.78 is 5.78. The van der Waals surface area contributed by atoms with Crippen molar-refractivity contribution in [3.63, 3.8) is 0 Å². The Hall–Kier alpha value is -1.46. The summed E-state index contributed by atoms with van der Waals surface area (Å²) in [4.78, 5) is 18.7. The number of carbonyl (C=O) groups excluding carboxylic acids is 1. The number of hydrogen-bond donors (Lipinski definition) is 1. The minimum atomic E-state index is -0.361. The van der Waals surface area contributed by atoms with Gasteiger partial charge in [0.05, 0.1) is 11.5 Å². The third-order valence-electron chi connectivity index (χ3n) is 4.53. The van der Waals surface area contributed by atoms with Crippen molar-refractivity contribution in [3.05, 3.63) is 30.1 Å². The summed E-state index contributed by atoms with van der Waals surface area (Å²) in [6.45, 7) is 3.32. The van der Waals surface area contributed by atoms with Crippen molar-refractivity contribution >= 4 is 5.91 Å². The van der Waals surface area contributed by atoms with Crippen LogP contribution in [0.2, 0.25) is 0 Å². The van der Waals surface area contributed by atoms with Crippen LogP contribution in [0.4, 0.5) is 0 Å². The first kappa shape index (κ1) is 13.5. The molecule has 0 unspecified atom stereocenters. The Kier molecular flexibility index (Phi) is 3.72. The lowest BCUT2D eigenvalue weighted by Crippen LogP contribution is -2.56. The molecule has 2 aliphatic heterocycles. The lowest BCUT2D eigenvalue weighted by Gasteiger charge is -2.42. The lowest BCUT2D eigenvalue weighted by molar-refractivity contribution is -0.139. The fourth-order valence-electron chi connectivity index (χ4n) is 3.48. The van der Waals surface area contributed by atoms with Gasteiger partial charge >= 0.3 is 0 Å². The van der Waals surface area contributed by atoms with E-state index in [0.29, 0.717) is 6.61 Å². The van der Waals surface area contributed by atoms with E-state index >= 15 is 0 Å². The molecule has 1 aromatic heterocycles. The summed E-state index contributed by atoms with van der Waals surface area (Å²) in [6.07, 6.45) is 5.46. The van der Waals surface area contributed by atoms with Gasteiger partial charge in [0.1, 0.15) is 0 Å². The highest BCUT2D eigenvalue weighted by molar-refractivity contribution is 5.83. The normalized spacial score (nSPS) is 29.9. The largest absolute Gasteiger partial charge is 0.377 e. The zero-order valence-electron chi connectivity index (χ0n) is 11.8. The van der Waals surface area contributed by atoms with E-state index in [0.717, 1.165) is 32.5 Å². The van der Waals surface area contributed by atoms with Gasteiger partial charge in [0, 0.05) is 45.7 Å². The fourth-order valence-corrected chi connectivity index (χ4v) is 3.48. The molecule has 2 aliphatic rings.